The lowest BCUT2D eigenvalue weighted by Crippen LogP contribution is -2.30. The van der Waals surface area contributed by atoms with Crippen LogP contribution in [0.3, 0.4) is 0 Å². The second kappa shape index (κ2) is 5.90. The Labute approximate surface area is 121 Å². The van der Waals surface area contributed by atoms with Gasteiger partial charge in [-0.15, -0.1) is 0 Å². The summed E-state index contributed by atoms with van der Waals surface area (Å²) in [5, 5.41) is 10.5. The van der Waals surface area contributed by atoms with Gasteiger partial charge in [0, 0.05) is 12.8 Å². The van der Waals surface area contributed by atoms with Crippen LogP contribution in [0.4, 0.5) is 8.78 Å². The van der Waals surface area contributed by atoms with Crippen molar-refractivity contribution in [2.45, 2.75) is 25.4 Å². The van der Waals surface area contributed by atoms with E-state index in [0.717, 1.165) is 11.1 Å². The minimum absolute atomic E-state index is 0.0417. The van der Waals surface area contributed by atoms with E-state index in [9.17, 15) is 13.9 Å². The number of halogens is 3. The van der Waals surface area contributed by atoms with Gasteiger partial charge in [0.05, 0.1) is 10.6 Å². The van der Waals surface area contributed by atoms with Gasteiger partial charge in [-0.1, -0.05) is 29.8 Å². The molecule has 0 aliphatic heterocycles. The molecule has 2 aromatic carbocycles. The van der Waals surface area contributed by atoms with Crippen LogP contribution >= 0.6 is 11.6 Å². The largest absolute Gasteiger partial charge is 0.389 e. The normalized spacial score (nSPS) is 14.1. The molecule has 106 valence electrons. The Kier molecular flexibility index (Phi) is 4.41. The average molecular weight is 297 g/mol. The zero-order valence-corrected chi connectivity index (χ0v) is 11.8. The predicted molar refractivity (Wildman–Crippen MR) is 75.8 cm³/mol. The van der Waals surface area contributed by atoms with Crippen LogP contribution in [-0.4, -0.2) is 10.7 Å². The fraction of sp³-hybridized carbons (Fsp3) is 0.250. The highest BCUT2D eigenvalue weighted by atomic mass is 35.5. The van der Waals surface area contributed by atoms with Gasteiger partial charge in [0.2, 0.25) is 0 Å². The zero-order valence-electron chi connectivity index (χ0n) is 11.0. The van der Waals surface area contributed by atoms with E-state index < -0.39 is 11.4 Å². The third-order valence-electron chi connectivity index (χ3n) is 3.07. The summed E-state index contributed by atoms with van der Waals surface area (Å²) in [6.07, 6.45) is 0.715. The van der Waals surface area contributed by atoms with Crippen molar-refractivity contribution in [3.8, 4) is 0 Å². The number of rotatable bonds is 4. The van der Waals surface area contributed by atoms with Crippen LogP contribution < -0.4 is 0 Å². The first-order valence-corrected chi connectivity index (χ1v) is 6.64. The number of aliphatic hydroxyl groups is 1. The van der Waals surface area contributed by atoms with Crippen LogP contribution in [0.5, 0.6) is 0 Å². The van der Waals surface area contributed by atoms with Gasteiger partial charge in [-0.25, -0.2) is 8.78 Å². The Bertz CT molecular complexity index is 594. The molecule has 4 heteroatoms. The lowest BCUT2D eigenvalue weighted by molar-refractivity contribution is 0.0608. The van der Waals surface area contributed by atoms with Crippen LogP contribution in [0, 0.1) is 11.6 Å². The molecule has 0 aliphatic carbocycles. The van der Waals surface area contributed by atoms with Crippen LogP contribution in [0.2, 0.25) is 5.02 Å². The molecular formula is C16H15ClF2O. The second-order valence-electron chi connectivity index (χ2n) is 5.23. The lowest BCUT2D eigenvalue weighted by atomic mass is 9.90. The van der Waals surface area contributed by atoms with Gasteiger partial charge in [-0.3, -0.25) is 0 Å². The molecule has 0 heterocycles. The Morgan fingerprint density at radius 3 is 2.15 bits per heavy atom. The van der Waals surface area contributed by atoms with Crippen LogP contribution in [0.1, 0.15) is 18.1 Å². The molecule has 1 N–H and O–H groups in total. The number of hydrogen-bond donors (Lipinski definition) is 1. The first-order valence-electron chi connectivity index (χ1n) is 6.26. The molecule has 1 atom stereocenters. The van der Waals surface area contributed by atoms with Crippen LogP contribution in [-0.2, 0) is 12.8 Å². The first kappa shape index (κ1) is 14.9. The molecule has 0 saturated heterocycles. The fourth-order valence-electron chi connectivity index (χ4n) is 2.19. The molecular weight excluding hydrogens is 282 g/mol. The van der Waals surface area contributed by atoms with Crippen molar-refractivity contribution in [1.29, 1.82) is 0 Å². The summed E-state index contributed by atoms with van der Waals surface area (Å²) in [6, 6.07) is 10.4. The van der Waals surface area contributed by atoms with E-state index in [-0.39, 0.29) is 10.8 Å². The van der Waals surface area contributed by atoms with Gasteiger partial charge in [0.25, 0.3) is 0 Å². The van der Waals surface area contributed by atoms with Crippen molar-refractivity contribution in [1.82, 2.24) is 0 Å². The quantitative estimate of drug-likeness (QED) is 0.898. The third kappa shape index (κ3) is 4.02. The maximum absolute atomic E-state index is 13.1. The number of hydrogen-bond acceptors (Lipinski definition) is 1. The highest BCUT2D eigenvalue weighted by Crippen LogP contribution is 2.22. The SMILES string of the molecule is CC(O)(Cc1ccc(F)cc1)Cc1ccc(F)c(Cl)c1. The smallest absolute Gasteiger partial charge is 0.141 e. The molecule has 0 aliphatic rings. The van der Waals surface area contributed by atoms with Crippen molar-refractivity contribution in [2.75, 3.05) is 0 Å². The van der Waals surface area contributed by atoms with E-state index in [1.54, 1.807) is 25.1 Å². The Hall–Kier alpha value is -1.45. The maximum Gasteiger partial charge on any atom is 0.141 e. The van der Waals surface area contributed by atoms with Gasteiger partial charge in [0.15, 0.2) is 0 Å². The fourth-order valence-corrected chi connectivity index (χ4v) is 2.40. The van der Waals surface area contributed by atoms with Crippen LogP contribution in [0.15, 0.2) is 42.5 Å². The summed E-state index contributed by atoms with van der Waals surface area (Å²) in [5.74, 6) is -0.785. The summed E-state index contributed by atoms with van der Waals surface area (Å²) in [5.41, 5.74) is 0.576. The van der Waals surface area contributed by atoms with E-state index in [1.807, 2.05) is 0 Å². The van der Waals surface area contributed by atoms with Gasteiger partial charge in [-0.05, 0) is 42.3 Å². The standard InChI is InChI=1S/C16H15ClF2O/c1-16(20,9-11-2-5-13(18)6-3-11)10-12-4-7-15(19)14(17)8-12/h2-8,20H,9-10H2,1H3. The van der Waals surface area contributed by atoms with Gasteiger partial charge in [-0.2, -0.15) is 0 Å². The highest BCUT2D eigenvalue weighted by Gasteiger charge is 2.22. The van der Waals surface area contributed by atoms with Crippen molar-refractivity contribution >= 4 is 11.6 Å². The van der Waals surface area contributed by atoms with Crippen molar-refractivity contribution in [3.05, 3.63) is 70.2 Å². The van der Waals surface area contributed by atoms with E-state index >= 15 is 0 Å². The van der Waals surface area contributed by atoms with Gasteiger partial charge < -0.3 is 5.11 Å². The van der Waals surface area contributed by atoms with Gasteiger partial charge in [0.1, 0.15) is 11.6 Å². The lowest BCUT2D eigenvalue weighted by Gasteiger charge is -2.23. The van der Waals surface area contributed by atoms with E-state index in [0.29, 0.717) is 12.8 Å². The summed E-state index contributed by atoms with van der Waals surface area (Å²) in [6.45, 7) is 1.69. The first-order chi connectivity index (χ1) is 9.35. The van der Waals surface area contributed by atoms with Crippen LogP contribution in [0.25, 0.3) is 0 Å². The summed E-state index contributed by atoms with van der Waals surface area (Å²) < 4.78 is 25.9. The summed E-state index contributed by atoms with van der Waals surface area (Å²) >= 11 is 5.72. The molecule has 2 aromatic rings. The molecule has 0 radical (unpaired) electrons. The zero-order chi connectivity index (χ0) is 14.8. The molecule has 2 rings (SSSR count). The van der Waals surface area contributed by atoms with E-state index in [4.69, 9.17) is 11.6 Å². The van der Waals surface area contributed by atoms with Gasteiger partial charge >= 0.3 is 0 Å². The minimum Gasteiger partial charge on any atom is -0.389 e. The Balaban J connectivity index is 2.09. The topological polar surface area (TPSA) is 20.2 Å². The Morgan fingerprint density at radius 2 is 1.55 bits per heavy atom. The number of benzene rings is 2. The van der Waals surface area contributed by atoms with Crippen molar-refractivity contribution < 1.29 is 13.9 Å². The molecule has 0 fully saturated rings. The highest BCUT2D eigenvalue weighted by molar-refractivity contribution is 6.30. The third-order valence-corrected chi connectivity index (χ3v) is 3.36. The van der Waals surface area contributed by atoms with Crippen molar-refractivity contribution in [3.63, 3.8) is 0 Å². The molecule has 0 amide bonds. The average Bonchev–Trinajstić information content (AvgIpc) is 2.36. The minimum atomic E-state index is -1.01. The molecule has 20 heavy (non-hydrogen) atoms. The summed E-state index contributed by atoms with van der Waals surface area (Å²) in [4.78, 5) is 0. The molecule has 1 nitrogen and oxygen atoms in total. The van der Waals surface area contributed by atoms with Crippen molar-refractivity contribution in [2.24, 2.45) is 0 Å². The Morgan fingerprint density at radius 1 is 1.00 bits per heavy atom. The molecule has 0 saturated carbocycles. The molecule has 1 unspecified atom stereocenters. The van der Waals surface area contributed by atoms with E-state index in [1.165, 1.54) is 24.3 Å². The maximum atomic E-state index is 13.1. The molecule has 0 bridgehead atoms. The summed E-state index contributed by atoms with van der Waals surface area (Å²) in [7, 11) is 0. The molecule has 0 aromatic heterocycles. The second-order valence-corrected chi connectivity index (χ2v) is 5.63. The van der Waals surface area contributed by atoms with E-state index in [2.05, 4.69) is 0 Å². The molecule has 0 spiro atoms. The monoisotopic (exact) mass is 296 g/mol. The predicted octanol–water partition coefficient (Wildman–Crippen LogP) is 4.15.